The number of oxazole rings is 1. The molecular weight excluding hydrogens is 378 g/mol. The van der Waals surface area contributed by atoms with Crippen LogP contribution in [0.2, 0.25) is 0 Å². The van der Waals surface area contributed by atoms with Gasteiger partial charge < -0.3 is 19.2 Å². The highest BCUT2D eigenvalue weighted by Crippen LogP contribution is 2.20. The third kappa shape index (κ3) is 3.78. The molecule has 2 aromatic carbocycles. The smallest absolute Gasteiger partial charge is 0.273 e. The van der Waals surface area contributed by atoms with Crippen LogP contribution in [0.15, 0.2) is 71.6 Å². The van der Waals surface area contributed by atoms with Crippen molar-refractivity contribution in [1.82, 2.24) is 19.9 Å². The van der Waals surface area contributed by atoms with Gasteiger partial charge in [-0.25, -0.2) is 9.97 Å². The lowest BCUT2D eigenvalue weighted by Crippen LogP contribution is -2.44. The van der Waals surface area contributed by atoms with E-state index in [0.717, 1.165) is 37.0 Å². The lowest BCUT2D eigenvalue weighted by molar-refractivity contribution is 0.0926. The first kappa shape index (κ1) is 18.4. The molecule has 7 heteroatoms. The van der Waals surface area contributed by atoms with Crippen molar-refractivity contribution in [3.05, 3.63) is 78.8 Å². The number of para-hydroxylation sites is 3. The number of rotatable bonds is 5. The number of nitrogens with zero attached hydrogens (tertiary/aromatic N) is 4. The van der Waals surface area contributed by atoms with Gasteiger partial charge in [0, 0.05) is 24.8 Å². The van der Waals surface area contributed by atoms with E-state index >= 15 is 0 Å². The van der Waals surface area contributed by atoms with Crippen LogP contribution < -0.4 is 10.2 Å². The fourth-order valence-corrected chi connectivity index (χ4v) is 3.95. The van der Waals surface area contributed by atoms with E-state index in [9.17, 15) is 4.79 Å². The van der Waals surface area contributed by atoms with Gasteiger partial charge in [-0.05, 0) is 37.1 Å². The van der Waals surface area contributed by atoms with Crippen LogP contribution in [-0.2, 0) is 6.54 Å². The Morgan fingerprint density at radius 3 is 2.67 bits per heavy atom. The fourth-order valence-electron chi connectivity index (χ4n) is 3.95. The maximum Gasteiger partial charge on any atom is 0.273 e. The summed E-state index contributed by atoms with van der Waals surface area (Å²) in [6.07, 6.45) is 5.01. The minimum atomic E-state index is -0.182. The van der Waals surface area contributed by atoms with Gasteiger partial charge in [0.05, 0.1) is 17.4 Å². The van der Waals surface area contributed by atoms with Crippen molar-refractivity contribution in [3.8, 4) is 0 Å². The van der Waals surface area contributed by atoms with Crippen LogP contribution in [0.3, 0.4) is 0 Å². The Bertz CT molecular complexity index is 1140. The maximum absolute atomic E-state index is 12.6. The molecule has 3 heterocycles. The average Bonchev–Trinajstić information content (AvgIpc) is 3.43. The highest BCUT2D eigenvalue weighted by atomic mass is 16.3. The van der Waals surface area contributed by atoms with E-state index in [1.54, 1.807) is 6.33 Å². The van der Waals surface area contributed by atoms with Crippen LogP contribution in [0.25, 0.3) is 11.0 Å². The molecule has 30 heavy (non-hydrogen) atoms. The third-order valence-corrected chi connectivity index (χ3v) is 5.57. The number of benzene rings is 2. The second-order valence-corrected chi connectivity index (χ2v) is 7.56. The predicted octanol–water partition coefficient (Wildman–Crippen LogP) is 3.47. The predicted molar refractivity (Wildman–Crippen MR) is 114 cm³/mol. The molecule has 2 aromatic heterocycles. The van der Waals surface area contributed by atoms with E-state index in [2.05, 4.69) is 44.5 Å². The molecule has 0 saturated carbocycles. The van der Waals surface area contributed by atoms with E-state index in [1.807, 2.05) is 34.9 Å². The van der Waals surface area contributed by atoms with Gasteiger partial charge in [0.15, 0.2) is 5.69 Å². The molecule has 5 rings (SSSR count). The molecule has 0 atom stereocenters. The fraction of sp³-hybridized carbons (Fsp3) is 0.261. The zero-order valence-corrected chi connectivity index (χ0v) is 16.6. The molecule has 0 radical (unpaired) electrons. The molecule has 0 spiro atoms. The molecule has 4 aromatic rings. The van der Waals surface area contributed by atoms with Crippen LogP contribution >= 0.6 is 0 Å². The highest BCUT2D eigenvalue weighted by molar-refractivity contribution is 5.92. The van der Waals surface area contributed by atoms with E-state index in [-0.39, 0.29) is 11.9 Å². The van der Waals surface area contributed by atoms with Gasteiger partial charge in [-0.2, -0.15) is 0 Å². The summed E-state index contributed by atoms with van der Waals surface area (Å²) < 4.78 is 7.50. The summed E-state index contributed by atoms with van der Waals surface area (Å²) in [4.78, 5) is 23.7. The third-order valence-electron chi connectivity index (χ3n) is 5.57. The Hall–Kier alpha value is -3.61. The number of aromatic nitrogens is 3. The molecule has 1 amide bonds. The molecule has 1 N–H and O–H groups in total. The second-order valence-electron chi connectivity index (χ2n) is 7.56. The minimum Gasteiger partial charge on any atom is -0.446 e. The average molecular weight is 401 g/mol. The number of carbonyl (C=O) groups excluding carboxylic acids is 1. The van der Waals surface area contributed by atoms with Gasteiger partial charge >= 0.3 is 0 Å². The number of hydrogen-bond donors (Lipinski definition) is 1. The molecular formula is C23H23N5O2. The Morgan fingerprint density at radius 2 is 1.83 bits per heavy atom. The van der Waals surface area contributed by atoms with Crippen molar-refractivity contribution >= 4 is 22.6 Å². The Kier molecular flexibility index (Phi) is 4.93. The second kappa shape index (κ2) is 8.02. The molecule has 0 bridgehead atoms. The Morgan fingerprint density at radius 1 is 1.07 bits per heavy atom. The standard InChI is InChI=1S/C23H23N5O2/c29-23(25-17-10-12-27(13-11-17)18-6-2-1-3-7-18)20-15-30-22(26-20)14-28-16-24-19-8-4-5-9-21(19)28/h1-9,15-17H,10-14H2,(H,25,29). The van der Waals surface area contributed by atoms with Gasteiger partial charge in [-0.1, -0.05) is 30.3 Å². The summed E-state index contributed by atoms with van der Waals surface area (Å²) in [7, 11) is 0. The molecule has 152 valence electrons. The number of nitrogens with one attached hydrogen (secondary N) is 1. The summed E-state index contributed by atoms with van der Waals surface area (Å²) in [5.74, 6) is 0.306. The van der Waals surface area contributed by atoms with E-state index < -0.39 is 0 Å². The highest BCUT2D eigenvalue weighted by Gasteiger charge is 2.22. The van der Waals surface area contributed by atoms with Crippen LogP contribution in [-0.4, -0.2) is 39.6 Å². The first-order chi connectivity index (χ1) is 14.8. The first-order valence-electron chi connectivity index (χ1n) is 10.2. The summed E-state index contributed by atoms with van der Waals surface area (Å²) in [5.41, 5.74) is 3.48. The maximum atomic E-state index is 12.6. The van der Waals surface area contributed by atoms with Crippen LogP contribution in [0.5, 0.6) is 0 Å². The molecule has 0 unspecified atom stereocenters. The zero-order chi connectivity index (χ0) is 20.3. The summed E-state index contributed by atoms with van der Waals surface area (Å²) >= 11 is 0. The molecule has 7 nitrogen and oxygen atoms in total. The molecule has 1 fully saturated rings. The van der Waals surface area contributed by atoms with Gasteiger partial charge in [-0.15, -0.1) is 0 Å². The monoisotopic (exact) mass is 401 g/mol. The zero-order valence-electron chi connectivity index (χ0n) is 16.6. The number of anilines is 1. The number of fused-ring (bicyclic) bond motifs is 1. The Labute approximate surface area is 174 Å². The first-order valence-corrected chi connectivity index (χ1v) is 10.2. The van der Waals surface area contributed by atoms with Gasteiger partial charge in [0.25, 0.3) is 5.91 Å². The van der Waals surface area contributed by atoms with Crippen molar-refractivity contribution in [3.63, 3.8) is 0 Å². The van der Waals surface area contributed by atoms with Crippen LogP contribution in [0.4, 0.5) is 5.69 Å². The van der Waals surface area contributed by atoms with Gasteiger partial charge in [0.1, 0.15) is 12.8 Å². The van der Waals surface area contributed by atoms with E-state index in [4.69, 9.17) is 4.42 Å². The van der Waals surface area contributed by atoms with Crippen molar-refractivity contribution in [1.29, 1.82) is 0 Å². The van der Waals surface area contributed by atoms with Crippen molar-refractivity contribution in [2.24, 2.45) is 0 Å². The number of carbonyl (C=O) groups is 1. The van der Waals surface area contributed by atoms with Crippen molar-refractivity contribution < 1.29 is 9.21 Å². The molecule has 1 aliphatic rings. The Balaban J connectivity index is 1.18. The SMILES string of the molecule is O=C(NC1CCN(c2ccccc2)CC1)c1coc(Cn2cnc3ccccc32)n1. The number of hydrogen-bond acceptors (Lipinski definition) is 5. The lowest BCUT2D eigenvalue weighted by Gasteiger charge is -2.33. The van der Waals surface area contributed by atoms with Crippen LogP contribution in [0.1, 0.15) is 29.2 Å². The number of piperidine rings is 1. The minimum absolute atomic E-state index is 0.148. The van der Waals surface area contributed by atoms with Crippen molar-refractivity contribution in [2.45, 2.75) is 25.4 Å². The van der Waals surface area contributed by atoms with E-state index in [0.29, 0.717) is 18.1 Å². The summed E-state index contributed by atoms with van der Waals surface area (Å²) in [5, 5.41) is 3.10. The number of amides is 1. The van der Waals surface area contributed by atoms with Crippen molar-refractivity contribution in [2.75, 3.05) is 18.0 Å². The van der Waals surface area contributed by atoms with Crippen LogP contribution in [0, 0.1) is 0 Å². The van der Waals surface area contributed by atoms with Gasteiger partial charge in [-0.3, -0.25) is 4.79 Å². The quantitative estimate of drug-likeness (QED) is 0.554. The molecule has 1 saturated heterocycles. The van der Waals surface area contributed by atoms with Gasteiger partial charge in [0.2, 0.25) is 5.89 Å². The summed E-state index contributed by atoms with van der Waals surface area (Å²) in [6.45, 7) is 2.28. The lowest BCUT2D eigenvalue weighted by atomic mass is 10.0. The summed E-state index contributed by atoms with van der Waals surface area (Å²) in [6, 6.07) is 18.4. The normalized spacial score (nSPS) is 14.9. The number of imidazole rings is 1. The molecule has 1 aliphatic heterocycles. The topological polar surface area (TPSA) is 76.2 Å². The van der Waals surface area contributed by atoms with E-state index in [1.165, 1.54) is 12.0 Å². The molecule has 0 aliphatic carbocycles. The largest absolute Gasteiger partial charge is 0.446 e.